The van der Waals surface area contributed by atoms with Crippen LogP contribution in [-0.2, 0) is 22.6 Å². The van der Waals surface area contributed by atoms with Crippen molar-refractivity contribution in [3.63, 3.8) is 0 Å². The highest BCUT2D eigenvalue weighted by molar-refractivity contribution is 5.77. The minimum absolute atomic E-state index is 0.0341. The lowest BCUT2D eigenvalue weighted by molar-refractivity contribution is -0.127. The third kappa shape index (κ3) is 10.0. The molecule has 0 aromatic heterocycles. The molecule has 1 rings (SSSR count). The highest BCUT2D eigenvalue weighted by Gasteiger charge is 2.08. The average Bonchev–Trinajstić information content (AvgIpc) is 2.63. The molecule has 0 aliphatic heterocycles. The first kappa shape index (κ1) is 21.4. The number of nitrogens with one attached hydrogen (secondary N) is 2. The predicted octanol–water partition coefficient (Wildman–Crippen LogP) is 3.95. The molecule has 0 spiro atoms. The second-order valence-corrected chi connectivity index (χ2v) is 6.41. The zero-order valence-corrected chi connectivity index (χ0v) is 15.9. The molecule has 140 valence electrons. The van der Waals surface area contributed by atoms with E-state index in [1.54, 1.807) is 6.08 Å². The molecule has 0 saturated carbocycles. The molecule has 4 nitrogen and oxygen atoms in total. The van der Waals surface area contributed by atoms with Gasteiger partial charge in [-0.05, 0) is 24.6 Å². The van der Waals surface area contributed by atoms with Crippen molar-refractivity contribution < 1.29 is 9.53 Å². The van der Waals surface area contributed by atoms with Crippen molar-refractivity contribution in [2.75, 3.05) is 13.7 Å². The zero-order valence-electron chi connectivity index (χ0n) is 15.9. The Bertz CT molecular complexity index is 485. The molecule has 25 heavy (non-hydrogen) atoms. The second kappa shape index (κ2) is 13.6. The van der Waals surface area contributed by atoms with E-state index in [1.165, 1.54) is 31.2 Å². The number of carbonyl (C=O) groups is 1. The van der Waals surface area contributed by atoms with Crippen LogP contribution in [0, 0.1) is 0 Å². The van der Waals surface area contributed by atoms with E-state index in [0.717, 1.165) is 24.9 Å². The van der Waals surface area contributed by atoms with Gasteiger partial charge in [-0.2, -0.15) is 0 Å². The van der Waals surface area contributed by atoms with Gasteiger partial charge in [-0.1, -0.05) is 69.4 Å². The predicted molar refractivity (Wildman–Crippen MR) is 104 cm³/mol. The minimum Gasteiger partial charge on any atom is -0.364 e. The van der Waals surface area contributed by atoms with E-state index >= 15 is 0 Å². The molecule has 1 atom stereocenters. The van der Waals surface area contributed by atoms with Crippen LogP contribution in [0.15, 0.2) is 36.9 Å². The fraction of sp³-hybridized carbons (Fsp3) is 0.571. The van der Waals surface area contributed by atoms with Gasteiger partial charge < -0.3 is 15.4 Å². The number of hydrogen-bond donors (Lipinski definition) is 2. The normalized spacial score (nSPS) is 11.9. The summed E-state index contributed by atoms with van der Waals surface area (Å²) in [5, 5.41) is 6.02. The summed E-state index contributed by atoms with van der Waals surface area (Å²) in [7, 11) is 1.93. The first-order chi connectivity index (χ1) is 12.2. The highest BCUT2D eigenvalue weighted by Crippen LogP contribution is 2.10. The molecule has 0 bridgehead atoms. The third-order valence-electron chi connectivity index (χ3n) is 4.18. The van der Waals surface area contributed by atoms with Crippen molar-refractivity contribution in [1.29, 1.82) is 0 Å². The van der Waals surface area contributed by atoms with Gasteiger partial charge >= 0.3 is 0 Å². The summed E-state index contributed by atoms with van der Waals surface area (Å²) in [6, 6.07) is 8.22. The van der Waals surface area contributed by atoms with Gasteiger partial charge in [-0.25, -0.2) is 0 Å². The molecule has 2 N–H and O–H groups in total. The summed E-state index contributed by atoms with van der Waals surface area (Å²) >= 11 is 0. The molecule has 0 radical (unpaired) electrons. The number of ether oxygens (including phenoxy) is 1. The summed E-state index contributed by atoms with van der Waals surface area (Å²) in [6.45, 7) is 7.48. The summed E-state index contributed by atoms with van der Waals surface area (Å²) in [5.41, 5.74) is 2.32. The van der Waals surface area contributed by atoms with Crippen LogP contribution in [0.2, 0.25) is 0 Å². The molecular weight excluding hydrogens is 312 g/mol. The maximum absolute atomic E-state index is 11.9. The van der Waals surface area contributed by atoms with Crippen molar-refractivity contribution >= 4 is 5.91 Å². The Hall–Kier alpha value is -1.65. The first-order valence-corrected chi connectivity index (χ1v) is 9.42. The SMILES string of the molecule is C=CC(CCCCCCC)OCC(=O)NCc1ccc(CNC)cc1. The number of rotatable bonds is 14. The lowest BCUT2D eigenvalue weighted by atomic mass is 10.1. The van der Waals surface area contributed by atoms with Gasteiger partial charge in [-0.15, -0.1) is 6.58 Å². The van der Waals surface area contributed by atoms with E-state index in [4.69, 9.17) is 4.74 Å². The van der Waals surface area contributed by atoms with E-state index in [1.807, 2.05) is 19.2 Å². The van der Waals surface area contributed by atoms with Crippen molar-refractivity contribution in [1.82, 2.24) is 10.6 Å². The third-order valence-corrected chi connectivity index (χ3v) is 4.18. The molecule has 4 heteroatoms. The van der Waals surface area contributed by atoms with E-state index in [2.05, 4.69) is 36.3 Å². The van der Waals surface area contributed by atoms with Gasteiger partial charge in [0.2, 0.25) is 5.91 Å². The Labute approximate surface area is 153 Å². The molecule has 0 saturated heterocycles. The fourth-order valence-corrected chi connectivity index (χ4v) is 2.63. The maximum atomic E-state index is 11.9. The van der Waals surface area contributed by atoms with Gasteiger partial charge in [0.15, 0.2) is 0 Å². The first-order valence-electron chi connectivity index (χ1n) is 9.42. The standard InChI is InChI=1S/C21H34N2O2/c1-4-6-7-8-9-10-20(5-2)25-17-21(24)23-16-19-13-11-18(12-14-19)15-22-3/h5,11-14,20,22H,2,4,6-10,15-17H2,1,3H3,(H,23,24). The van der Waals surface area contributed by atoms with Crippen LogP contribution in [0.5, 0.6) is 0 Å². The molecule has 1 aromatic rings. The van der Waals surface area contributed by atoms with Gasteiger partial charge in [0.05, 0.1) is 6.10 Å². The number of amides is 1. The van der Waals surface area contributed by atoms with Crippen LogP contribution in [0.3, 0.4) is 0 Å². The number of unbranched alkanes of at least 4 members (excludes halogenated alkanes) is 4. The van der Waals surface area contributed by atoms with Crippen LogP contribution in [0.25, 0.3) is 0 Å². The molecule has 0 fully saturated rings. The van der Waals surface area contributed by atoms with Crippen molar-refractivity contribution in [3.05, 3.63) is 48.0 Å². The molecule has 1 amide bonds. The average molecular weight is 347 g/mol. The summed E-state index contributed by atoms with van der Waals surface area (Å²) in [6.07, 6.45) is 8.86. The van der Waals surface area contributed by atoms with Crippen molar-refractivity contribution in [2.45, 2.75) is 64.6 Å². The van der Waals surface area contributed by atoms with Crippen LogP contribution in [0.4, 0.5) is 0 Å². The van der Waals surface area contributed by atoms with Gasteiger partial charge in [0.25, 0.3) is 0 Å². The molecule has 1 unspecified atom stereocenters. The van der Waals surface area contributed by atoms with Crippen LogP contribution in [0.1, 0.15) is 56.6 Å². The summed E-state index contributed by atoms with van der Waals surface area (Å²) in [4.78, 5) is 11.9. The van der Waals surface area contributed by atoms with Crippen molar-refractivity contribution in [3.8, 4) is 0 Å². The zero-order chi connectivity index (χ0) is 18.3. The number of hydrogen-bond acceptors (Lipinski definition) is 3. The lowest BCUT2D eigenvalue weighted by Gasteiger charge is -2.14. The van der Waals surface area contributed by atoms with E-state index in [9.17, 15) is 4.79 Å². The molecule has 0 heterocycles. The largest absolute Gasteiger partial charge is 0.364 e. The number of benzene rings is 1. The fourth-order valence-electron chi connectivity index (χ4n) is 2.63. The second-order valence-electron chi connectivity index (χ2n) is 6.41. The quantitative estimate of drug-likeness (QED) is 0.396. The van der Waals surface area contributed by atoms with Crippen LogP contribution < -0.4 is 10.6 Å². The van der Waals surface area contributed by atoms with Crippen molar-refractivity contribution in [2.24, 2.45) is 0 Å². The van der Waals surface area contributed by atoms with Gasteiger partial charge in [-0.3, -0.25) is 4.79 Å². The van der Waals surface area contributed by atoms with Crippen LogP contribution in [-0.4, -0.2) is 25.7 Å². The van der Waals surface area contributed by atoms with E-state index in [-0.39, 0.29) is 18.6 Å². The Morgan fingerprint density at radius 3 is 2.36 bits per heavy atom. The minimum atomic E-state index is -0.0860. The lowest BCUT2D eigenvalue weighted by Crippen LogP contribution is -2.29. The summed E-state index contributed by atoms with van der Waals surface area (Å²) < 4.78 is 5.66. The van der Waals surface area contributed by atoms with E-state index in [0.29, 0.717) is 6.54 Å². The van der Waals surface area contributed by atoms with Gasteiger partial charge in [0, 0.05) is 13.1 Å². The Balaban J connectivity index is 2.20. The maximum Gasteiger partial charge on any atom is 0.246 e. The highest BCUT2D eigenvalue weighted by atomic mass is 16.5. The molecule has 0 aliphatic rings. The summed E-state index contributed by atoms with van der Waals surface area (Å²) in [5.74, 6) is -0.0860. The van der Waals surface area contributed by atoms with Crippen LogP contribution >= 0.6 is 0 Å². The van der Waals surface area contributed by atoms with E-state index < -0.39 is 0 Å². The molecular formula is C21H34N2O2. The molecule has 1 aromatic carbocycles. The Morgan fingerprint density at radius 2 is 1.76 bits per heavy atom. The van der Waals surface area contributed by atoms with Gasteiger partial charge in [0.1, 0.15) is 6.61 Å². The number of carbonyl (C=O) groups excluding carboxylic acids is 1. The molecule has 0 aliphatic carbocycles. The topological polar surface area (TPSA) is 50.4 Å². The smallest absolute Gasteiger partial charge is 0.246 e. The Morgan fingerprint density at radius 1 is 1.12 bits per heavy atom. The Kier molecular flexibility index (Phi) is 11.7. The monoisotopic (exact) mass is 346 g/mol.